The molecule has 7 nitrogen and oxygen atoms in total. The minimum Gasteiger partial charge on any atom is -0.351 e. The maximum Gasteiger partial charge on any atom is 0.353 e. The van der Waals surface area contributed by atoms with Gasteiger partial charge >= 0.3 is 5.69 Å². The monoisotopic (exact) mass is 353 g/mol. The minimum absolute atomic E-state index is 0.0936. The Balaban J connectivity index is 2.03. The van der Waals surface area contributed by atoms with Crippen LogP contribution in [0.15, 0.2) is 24.5 Å². The number of nitro groups is 1. The molecule has 0 radical (unpaired) electrons. The third kappa shape index (κ3) is 3.30. The van der Waals surface area contributed by atoms with Gasteiger partial charge in [-0.15, -0.1) is 0 Å². The SMILES string of the molecule is O=[N+]([O-])c1c(Nc2cc(Cl)ccc2Cl)ncnc1N1CCCC1. The molecular formula is C14H13Cl2N5O2. The molecule has 1 N–H and O–H groups in total. The highest BCUT2D eigenvalue weighted by Crippen LogP contribution is 2.36. The first-order chi connectivity index (χ1) is 11.1. The summed E-state index contributed by atoms with van der Waals surface area (Å²) in [5.74, 6) is 0.416. The van der Waals surface area contributed by atoms with Gasteiger partial charge in [-0.3, -0.25) is 10.1 Å². The van der Waals surface area contributed by atoms with Crippen LogP contribution in [0.2, 0.25) is 10.0 Å². The third-order valence-corrected chi connectivity index (χ3v) is 4.14. The van der Waals surface area contributed by atoms with Gasteiger partial charge in [0.1, 0.15) is 6.33 Å². The number of anilines is 3. The summed E-state index contributed by atoms with van der Waals surface area (Å²) in [6, 6.07) is 4.84. The van der Waals surface area contributed by atoms with Crippen molar-refractivity contribution in [3.63, 3.8) is 0 Å². The van der Waals surface area contributed by atoms with Crippen molar-refractivity contribution in [1.82, 2.24) is 9.97 Å². The summed E-state index contributed by atoms with van der Waals surface area (Å²) in [4.78, 5) is 21.1. The van der Waals surface area contributed by atoms with Crippen LogP contribution in [-0.2, 0) is 0 Å². The van der Waals surface area contributed by atoms with E-state index >= 15 is 0 Å². The topological polar surface area (TPSA) is 84.2 Å². The summed E-state index contributed by atoms with van der Waals surface area (Å²) in [6.45, 7) is 1.49. The highest BCUT2D eigenvalue weighted by molar-refractivity contribution is 6.35. The molecule has 1 fully saturated rings. The second-order valence-electron chi connectivity index (χ2n) is 5.09. The fourth-order valence-corrected chi connectivity index (χ4v) is 2.85. The van der Waals surface area contributed by atoms with E-state index in [1.807, 2.05) is 4.90 Å². The quantitative estimate of drug-likeness (QED) is 0.659. The summed E-state index contributed by atoms with van der Waals surface area (Å²) in [5, 5.41) is 15.3. The number of nitrogens with zero attached hydrogens (tertiary/aromatic N) is 4. The van der Waals surface area contributed by atoms with Crippen LogP contribution in [0.1, 0.15) is 12.8 Å². The lowest BCUT2D eigenvalue weighted by molar-refractivity contribution is -0.383. The molecule has 0 spiro atoms. The van der Waals surface area contributed by atoms with Gasteiger partial charge in [-0.05, 0) is 31.0 Å². The van der Waals surface area contributed by atoms with Gasteiger partial charge in [0.25, 0.3) is 0 Å². The molecule has 2 heterocycles. The van der Waals surface area contributed by atoms with Gasteiger partial charge in [0.05, 0.1) is 15.6 Å². The molecule has 3 rings (SSSR count). The summed E-state index contributed by atoms with van der Waals surface area (Å²) >= 11 is 12.0. The zero-order chi connectivity index (χ0) is 16.4. The first-order valence-electron chi connectivity index (χ1n) is 7.02. The molecule has 1 aliphatic rings. The number of benzene rings is 1. The largest absolute Gasteiger partial charge is 0.353 e. The summed E-state index contributed by atoms with van der Waals surface area (Å²) in [7, 11) is 0. The maximum absolute atomic E-state index is 11.5. The minimum atomic E-state index is -0.478. The third-order valence-electron chi connectivity index (χ3n) is 3.57. The second-order valence-corrected chi connectivity index (χ2v) is 5.94. The van der Waals surface area contributed by atoms with E-state index in [-0.39, 0.29) is 11.5 Å². The Labute approximate surface area is 142 Å². The number of aromatic nitrogens is 2. The van der Waals surface area contributed by atoms with Gasteiger partial charge in [-0.1, -0.05) is 23.2 Å². The van der Waals surface area contributed by atoms with Crippen molar-refractivity contribution in [3.05, 3.63) is 44.7 Å². The molecule has 23 heavy (non-hydrogen) atoms. The second kappa shape index (κ2) is 6.55. The van der Waals surface area contributed by atoms with Crippen LogP contribution < -0.4 is 10.2 Å². The van der Waals surface area contributed by atoms with Crippen molar-refractivity contribution >= 4 is 46.2 Å². The van der Waals surface area contributed by atoms with Gasteiger partial charge in [-0.2, -0.15) is 0 Å². The van der Waals surface area contributed by atoms with E-state index in [4.69, 9.17) is 23.2 Å². The van der Waals surface area contributed by atoms with Gasteiger partial charge in [-0.25, -0.2) is 9.97 Å². The standard InChI is InChI=1S/C14H13Cl2N5O2/c15-9-3-4-10(16)11(7-9)19-13-12(21(22)23)14(18-8-17-13)20-5-1-2-6-20/h3-4,7-8H,1-2,5-6H2,(H,17,18,19). The van der Waals surface area contributed by atoms with E-state index in [1.54, 1.807) is 18.2 Å². The Hall–Kier alpha value is -2.12. The summed E-state index contributed by atoms with van der Waals surface area (Å²) < 4.78 is 0. The zero-order valence-electron chi connectivity index (χ0n) is 12.0. The van der Waals surface area contributed by atoms with E-state index in [2.05, 4.69) is 15.3 Å². The number of nitrogens with one attached hydrogen (secondary N) is 1. The van der Waals surface area contributed by atoms with Crippen molar-refractivity contribution in [3.8, 4) is 0 Å². The van der Waals surface area contributed by atoms with Crippen molar-refractivity contribution in [2.45, 2.75) is 12.8 Å². The van der Waals surface area contributed by atoms with Crippen LogP contribution in [0, 0.1) is 10.1 Å². The molecule has 1 aliphatic heterocycles. The Morgan fingerprint density at radius 2 is 1.96 bits per heavy atom. The lowest BCUT2D eigenvalue weighted by Crippen LogP contribution is -2.21. The Kier molecular flexibility index (Phi) is 4.49. The summed E-state index contributed by atoms with van der Waals surface area (Å²) in [5.41, 5.74) is 0.291. The van der Waals surface area contributed by atoms with E-state index in [9.17, 15) is 10.1 Å². The Morgan fingerprint density at radius 3 is 2.65 bits per heavy atom. The van der Waals surface area contributed by atoms with E-state index in [0.29, 0.717) is 21.6 Å². The molecule has 1 saturated heterocycles. The van der Waals surface area contributed by atoms with Gasteiger partial charge in [0, 0.05) is 18.1 Å². The van der Waals surface area contributed by atoms with Crippen molar-refractivity contribution < 1.29 is 4.92 Å². The Bertz CT molecular complexity index is 750. The molecular weight excluding hydrogens is 341 g/mol. The number of halogens is 2. The molecule has 9 heteroatoms. The van der Waals surface area contributed by atoms with Crippen LogP contribution in [0.4, 0.5) is 23.0 Å². The lowest BCUT2D eigenvalue weighted by atomic mass is 10.3. The predicted octanol–water partition coefficient (Wildman–Crippen LogP) is 4.04. The normalized spacial score (nSPS) is 14.1. The molecule has 1 aromatic carbocycles. The van der Waals surface area contributed by atoms with Crippen molar-refractivity contribution in [2.24, 2.45) is 0 Å². The zero-order valence-corrected chi connectivity index (χ0v) is 13.5. The van der Waals surface area contributed by atoms with Crippen molar-refractivity contribution in [2.75, 3.05) is 23.3 Å². The van der Waals surface area contributed by atoms with E-state index in [1.165, 1.54) is 6.33 Å². The fourth-order valence-electron chi connectivity index (χ4n) is 2.51. The van der Waals surface area contributed by atoms with Crippen LogP contribution in [-0.4, -0.2) is 28.0 Å². The van der Waals surface area contributed by atoms with E-state index < -0.39 is 4.92 Å². The molecule has 0 atom stereocenters. The van der Waals surface area contributed by atoms with Crippen molar-refractivity contribution in [1.29, 1.82) is 0 Å². The molecule has 2 aromatic rings. The Morgan fingerprint density at radius 1 is 1.22 bits per heavy atom. The smallest absolute Gasteiger partial charge is 0.351 e. The van der Waals surface area contributed by atoms with Crippen LogP contribution in [0.5, 0.6) is 0 Å². The van der Waals surface area contributed by atoms with Crippen LogP contribution in [0.25, 0.3) is 0 Å². The first-order valence-corrected chi connectivity index (χ1v) is 7.78. The lowest BCUT2D eigenvalue weighted by Gasteiger charge is -2.17. The van der Waals surface area contributed by atoms with Gasteiger partial charge in [0.15, 0.2) is 0 Å². The summed E-state index contributed by atoms with van der Waals surface area (Å²) in [6.07, 6.45) is 3.29. The fraction of sp³-hybridized carbons (Fsp3) is 0.286. The molecule has 0 unspecified atom stereocenters. The first kappa shape index (κ1) is 15.8. The number of rotatable bonds is 4. The molecule has 1 aromatic heterocycles. The maximum atomic E-state index is 11.5. The molecule has 0 aliphatic carbocycles. The number of hydrogen-bond donors (Lipinski definition) is 1. The predicted molar refractivity (Wildman–Crippen MR) is 89.9 cm³/mol. The number of hydrogen-bond acceptors (Lipinski definition) is 6. The molecule has 0 bridgehead atoms. The average molecular weight is 354 g/mol. The highest BCUT2D eigenvalue weighted by atomic mass is 35.5. The molecule has 120 valence electrons. The molecule has 0 saturated carbocycles. The highest BCUT2D eigenvalue weighted by Gasteiger charge is 2.28. The van der Waals surface area contributed by atoms with Crippen LogP contribution >= 0.6 is 23.2 Å². The molecule has 0 amide bonds. The van der Waals surface area contributed by atoms with Gasteiger partial charge < -0.3 is 10.2 Å². The van der Waals surface area contributed by atoms with E-state index in [0.717, 1.165) is 25.9 Å². The average Bonchev–Trinajstić information content (AvgIpc) is 3.04. The van der Waals surface area contributed by atoms with Crippen LogP contribution in [0.3, 0.4) is 0 Å². The van der Waals surface area contributed by atoms with Gasteiger partial charge in [0.2, 0.25) is 11.6 Å².